The number of carbonyl (C=O) groups excluding carboxylic acids is 1. The Hall–Kier alpha value is -0.780. The zero-order chi connectivity index (χ0) is 15.2. The van der Waals surface area contributed by atoms with E-state index in [4.69, 9.17) is 5.73 Å². The van der Waals surface area contributed by atoms with Gasteiger partial charge in [-0.05, 0) is 38.6 Å². The average Bonchev–Trinajstić information content (AvgIpc) is 2.22. The number of hydrogen-bond acceptors (Lipinski definition) is 2. The van der Waals surface area contributed by atoms with Gasteiger partial charge in [0.2, 0.25) is 5.91 Å². The molecule has 0 aromatic heterocycles. The Balaban J connectivity index is 4.63. The van der Waals surface area contributed by atoms with Crippen molar-refractivity contribution in [2.75, 3.05) is 13.1 Å². The molecule has 0 aromatic carbocycles. The van der Waals surface area contributed by atoms with Crippen LogP contribution in [0.4, 0.5) is 13.2 Å². The van der Waals surface area contributed by atoms with Crippen LogP contribution < -0.4 is 5.73 Å². The number of rotatable bonds is 7. The van der Waals surface area contributed by atoms with Crippen molar-refractivity contribution in [3.05, 3.63) is 0 Å². The highest BCUT2D eigenvalue weighted by Crippen LogP contribution is 2.21. The van der Waals surface area contributed by atoms with Gasteiger partial charge >= 0.3 is 6.18 Å². The highest BCUT2D eigenvalue weighted by atomic mass is 19.4. The smallest absolute Gasteiger partial charge is 0.331 e. The molecule has 1 unspecified atom stereocenters. The third-order valence-electron chi connectivity index (χ3n) is 2.89. The van der Waals surface area contributed by atoms with Crippen molar-refractivity contribution >= 4 is 5.91 Å². The van der Waals surface area contributed by atoms with E-state index in [-0.39, 0.29) is 12.3 Å². The quantitative estimate of drug-likeness (QED) is 0.780. The van der Waals surface area contributed by atoms with E-state index in [0.717, 1.165) is 11.3 Å². The van der Waals surface area contributed by atoms with Crippen LogP contribution in [0.2, 0.25) is 0 Å². The van der Waals surface area contributed by atoms with E-state index >= 15 is 0 Å². The first kappa shape index (κ1) is 18.2. The van der Waals surface area contributed by atoms with Crippen molar-refractivity contribution in [3.8, 4) is 0 Å². The number of carbonyl (C=O) groups is 1. The lowest BCUT2D eigenvalue weighted by molar-refractivity contribution is -0.165. The summed E-state index contributed by atoms with van der Waals surface area (Å²) in [6, 6.07) is -0.466. The van der Waals surface area contributed by atoms with Crippen molar-refractivity contribution in [1.29, 1.82) is 0 Å². The third-order valence-corrected chi connectivity index (χ3v) is 2.89. The summed E-state index contributed by atoms with van der Waals surface area (Å²) in [5, 5.41) is 0. The Morgan fingerprint density at radius 3 is 2.05 bits per heavy atom. The first-order valence-electron chi connectivity index (χ1n) is 6.63. The lowest BCUT2D eigenvalue weighted by atomic mass is 9.93. The van der Waals surface area contributed by atoms with E-state index < -0.39 is 24.7 Å². The van der Waals surface area contributed by atoms with Gasteiger partial charge in [-0.25, -0.2) is 0 Å². The van der Waals surface area contributed by atoms with Gasteiger partial charge in [-0.1, -0.05) is 13.8 Å². The van der Waals surface area contributed by atoms with Crippen LogP contribution in [0, 0.1) is 11.8 Å². The zero-order valence-corrected chi connectivity index (χ0v) is 12.1. The second kappa shape index (κ2) is 7.72. The van der Waals surface area contributed by atoms with Gasteiger partial charge in [-0.15, -0.1) is 0 Å². The number of nitrogens with zero attached hydrogens (tertiary/aromatic N) is 1. The Morgan fingerprint density at radius 1 is 1.21 bits per heavy atom. The van der Waals surface area contributed by atoms with Gasteiger partial charge in [0.25, 0.3) is 0 Å². The van der Waals surface area contributed by atoms with Gasteiger partial charge in [0.1, 0.15) is 6.54 Å². The SMILES string of the molecule is CC(C)CC(CN)CC(=O)N(CC(F)(F)F)C(C)C. The molecule has 0 radical (unpaired) electrons. The van der Waals surface area contributed by atoms with E-state index in [0.29, 0.717) is 12.5 Å². The first-order chi connectivity index (χ1) is 8.56. The number of amides is 1. The molecule has 0 aromatic rings. The van der Waals surface area contributed by atoms with Gasteiger partial charge in [0.05, 0.1) is 0 Å². The molecule has 0 heterocycles. The summed E-state index contributed by atoms with van der Waals surface area (Å²) < 4.78 is 37.3. The number of halogens is 3. The summed E-state index contributed by atoms with van der Waals surface area (Å²) in [5.41, 5.74) is 5.58. The molecule has 0 aliphatic carbocycles. The van der Waals surface area contributed by atoms with Crippen LogP contribution in [-0.2, 0) is 4.79 Å². The standard InChI is InChI=1S/C13H25F3N2O/c1-9(2)5-11(7-17)6-12(19)18(10(3)4)8-13(14,15)16/h9-11H,5-8,17H2,1-4H3. The van der Waals surface area contributed by atoms with Gasteiger partial charge in [-0.2, -0.15) is 13.2 Å². The molecular weight excluding hydrogens is 257 g/mol. The van der Waals surface area contributed by atoms with Gasteiger partial charge < -0.3 is 10.6 Å². The minimum atomic E-state index is -4.36. The van der Waals surface area contributed by atoms with Crippen LogP contribution >= 0.6 is 0 Å². The third kappa shape index (κ3) is 8.08. The number of alkyl halides is 3. The molecule has 0 aliphatic rings. The van der Waals surface area contributed by atoms with Crippen LogP contribution in [0.1, 0.15) is 40.5 Å². The minimum absolute atomic E-state index is 0.0537. The molecular formula is C13H25F3N2O. The molecule has 0 spiro atoms. The van der Waals surface area contributed by atoms with E-state index in [9.17, 15) is 18.0 Å². The van der Waals surface area contributed by atoms with Crippen LogP contribution in [0.5, 0.6) is 0 Å². The summed E-state index contributed by atoms with van der Waals surface area (Å²) in [5.74, 6) is -0.151. The van der Waals surface area contributed by atoms with Crippen molar-refractivity contribution in [2.45, 2.75) is 52.8 Å². The summed E-state index contributed by atoms with van der Waals surface area (Å²) >= 11 is 0. The molecule has 6 heteroatoms. The number of hydrogen-bond donors (Lipinski definition) is 1. The summed E-state index contributed by atoms with van der Waals surface area (Å²) in [6.45, 7) is 6.31. The Kier molecular flexibility index (Phi) is 7.41. The highest BCUT2D eigenvalue weighted by molar-refractivity contribution is 5.76. The molecule has 3 nitrogen and oxygen atoms in total. The fraction of sp³-hybridized carbons (Fsp3) is 0.923. The van der Waals surface area contributed by atoms with E-state index in [1.165, 1.54) is 0 Å². The molecule has 19 heavy (non-hydrogen) atoms. The predicted molar refractivity (Wildman–Crippen MR) is 69.5 cm³/mol. The average molecular weight is 282 g/mol. The molecule has 0 fully saturated rings. The molecule has 0 saturated heterocycles. The molecule has 0 aliphatic heterocycles. The monoisotopic (exact) mass is 282 g/mol. The van der Waals surface area contributed by atoms with Crippen molar-refractivity contribution < 1.29 is 18.0 Å². The minimum Gasteiger partial charge on any atom is -0.331 e. The van der Waals surface area contributed by atoms with Crippen LogP contribution in [-0.4, -0.2) is 36.1 Å². The maximum atomic E-state index is 12.4. The Morgan fingerprint density at radius 2 is 1.74 bits per heavy atom. The second-order valence-corrected chi connectivity index (χ2v) is 5.67. The molecule has 1 atom stereocenters. The maximum absolute atomic E-state index is 12.4. The van der Waals surface area contributed by atoms with Crippen LogP contribution in [0.15, 0.2) is 0 Å². The molecule has 1 amide bonds. The Labute approximate surface area is 113 Å². The zero-order valence-electron chi connectivity index (χ0n) is 12.1. The molecule has 114 valence electrons. The van der Waals surface area contributed by atoms with Crippen molar-refractivity contribution in [2.24, 2.45) is 17.6 Å². The van der Waals surface area contributed by atoms with Crippen molar-refractivity contribution in [3.63, 3.8) is 0 Å². The number of nitrogens with two attached hydrogens (primary N) is 1. The van der Waals surface area contributed by atoms with Crippen LogP contribution in [0.3, 0.4) is 0 Å². The van der Waals surface area contributed by atoms with E-state index in [1.54, 1.807) is 13.8 Å². The van der Waals surface area contributed by atoms with Gasteiger partial charge in [-0.3, -0.25) is 4.79 Å². The van der Waals surface area contributed by atoms with Gasteiger partial charge in [0, 0.05) is 12.5 Å². The molecule has 2 N–H and O–H groups in total. The predicted octanol–water partition coefficient (Wildman–Crippen LogP) is 2.80. The van der Waals surface area contributed by atoms with Gasteiger partial charge in [0.15, 0.2) is 0 Å². The molecule has 0 bridgehead atoms. The lowest BCUT2D eigenvalue weighted by Gasteiger charge is -2.29. The largest absolute Gasteiger partial charge is 0.406 e. The lowest BCUT2D eigenvalue weighted by Crippen LogP contribution is -2.44. The topological polar surface area (TPSA) is 46.3 Å². The summed E-state index contributed by atoms with van der Waals surface area (Å²) in [4.78, 5) is 12.9. The second-order valence-electron chi connectivity index (χ2n) is 5.67. The fourth-order valence-electron chi connectivity index (χ4n) is 2.05. The fourth-order valence-corrected chi connectivity index (χ4v) is 2.05. The molecule has 0 saturated carbocycles. The summed E-state index contributed by atoms with van der Waals surface area (Å²) in [7, 11) is 0. The van der Waals surface area contributed by atoms with Crippen LogP contribution in [0.25, 0.3) is 0 Å². The maximum Gasteiger partial charge on any atom is 0.406 e. The Bertz CT molecular complexity index is 278. The summed E-state index contributed by atoms with van der Waals surface area (Å²) in [6.07, 6.45) is -3.53. The highest BCUT2D eigenvalue weighted by Gasteiger charge is 2.34. The first-order valence-corrected chi connectivity index (χ1v) is 6.63. The normalized spacial score (nSPS) is 14.0. The van der Waals surface area contributed by atoms with Crippen molar-refractivity contribution in [1.82, 2.24) is 4.90 Å². The molecule has 0 rings (SSSR count). The van der Waals surface area contributed by atoms with E-state index in [1.807, 2.05) is 13.8 Å². The van der Waals surface area contributed by atoms with E-state index in [2.05, 4.69) is 0 Å².